The van der Waals surface area contributed by atoms with E-state index in [0.29, 0.717) is 6.42 Å². The molecule has 3 atom stereocenters. The van der Waals surface area contributed by atoms with Crippen LogP contribution in [0.15, 0.2) is 12.2 Å². The fourth-order valence-electron chi connectivity index (χ4n) is 3.83. The molecule has 0 saturated heterocycles. The highest BCUT2D eigenvalue weighted by Crippen LogP contribution is 2.21. The highest BCUT2D eigenvalue weighted by Gasteiger charge is 2.32. The van der Waals surface area contributed by atoms with Crippen molar-refractivity contribution in [3.8, 4) is 0 Å². The Bertz CT molecular complexity index is 372. The minimum Gasteiger partial charge on any atom is -0.481 e. The fourth-order valence-corrected chi connectivity index (χ4v) is 3.83. The number of rotatable bonds is 18. The molecule has 0 rings (SSSR count). The van der Waals surface area contributed by atoms with Gasteiger partial charge >= 0.3 is 5.97 Å². The van der Waals surface area contributed by atoms with E-state index in [1.807, 2.05) is 19.0 Å². The number of hydrogen-bond acceptors (Lipinski definition) is 3. The maximum atomic E-state index is 11.6. The molecule has 0 heterocycles. The summed E-state index contributed by atoms with van der Waals surface area (Å²) < 4.78 is 0. The second-order valence-corrected chi connectivity index (χ2v) is 8.16. The Balaban J connectivity index is 3.76. The van der Waals surface area contributed by atoms with Gasteiger partial charge in [0, 0.05) is 6.04 Å². The maximum absolute atomic E-state index is 11.6. The van der Waals surface area contributed by atoms with Gasteiger partial charge in [-0.15, -0.1) is 0 Å². The number of likely N-dealkylation sites (N-methyl/N-ethyl adjacent to an activating group) is 1. The number of carbonyl (C=O) groups is 1. The lowest BCUT2D eigenvalue weighted by Gasteiger charge is -2.32. The van der Waals surface area contributed by atoms with Crippen molar-refractivity contribution in [2.24, 2.45) is 5.92 Å². The molecule has 0 amide bonds. The number of allylic oxidation sites excluding steroid dienone is 2. The van der Waals surface area contributed by atoms with E-state index in [1.54, 1.807) is 6.92 Å². The molecule has 0 aliphatic heterocycles. The molecule has 3 unspecified atom stereocenters. The van der Waals surface area contributed by atoms with Crippen molar-refractivity contribution < 1.29 is 15.0 Å². The largest absolute Gasteiger partial charge is 0.481 e. The van der Waals surface area contributed by atoms with Crippen LogP contribution in [0, 0.1) is 5.92 Å². The van der Waals surface area contributed by atoms with E-state index in [-0.39, 0.29) is 6.04 Å². The summed E-state index contributed by atoms with van der Waals surface area (Å²) >= 11 is 0. The van der Waals surface area contributed by atoms with Crippen molar-refractivity contribution in [1.29, 1.82) is 0 Å². The van der Waals surface area contributed by atoms with E-state index in [1.165, 1.54) is 51.4 Å². The van der Waals surface area contributed by atoms with Crippen LogP contribution in [0.1, 0.15) is 97.3 Å². The summed E-state index contributed by atoms with van der Waals surface area (Å²) in [5.41, 5.74) is 0. The van der Waals surface area contributed by atoms with Crippen LogP contribution in [-0.4, -0.2) is 47.3 Å². The second kappa shape index (κ2) is 17.2. The summed E-state index contributed by atoms with van der Waals surface area (Å²) in [6.07, 6.45) is 19.4. The van der Waals surface area contributed by atoms with Crippen molar-refractivity contribution in [2.75, 3.05) is 14.1 Å². The molecule has 4 nitrogen and oxygen atoms in total. The molecule has 0 aromatic rings. The molecule has 0 spiro atoms. The zero-order valence-corrected chi connectivity index (χ0v) is 18.3. The van der Waals surface area contributed by atoms with Crippen molar-refractivity contribution in [1.82, 2.24) is 4.90 Å². The average Bonchev–Trinajstić information content (AvgIpc) is 2.60. The lowest BCUT2D eigenvalue weighted by Crippen LogP contribution is -2.46. The minimum atomic E-state index is -0.799. The first-order valence-electron chi connectivity index (χ1n) is 11.1. The summed E-state index contributed by atoms with van der Waals surface area (Å²) in [6.45, 7) is 3.93. The van der Waals surface area contributed by atoms with Gasteiger partial charge in [-0.2, -0.15) is 0 Å². The van der Waals surface area contributed by atoms with Crippen LogP contribution in [0.25, 0.3) is 0 Å². The van der Waals surface area contributed by atoms with Gasteiger partial charge in [0.15, 0.2) is 0 Å². The quantitative estimate of drug-likeness (QED) is 0.237. The molecule has 0 bridgehead atoms. The highest BCUT2D eigenvalue weighted by molar-refractivity contribution is 5.71. The SMILES string of the molecule is CCCCCCCCC=CCCCCCCC(C(=O)O)C(C(C)O)N(C)C. The molecule has 0 aliphatic carbocycles. The lowest BCUT2D eigenvalue weighted by atomic mass is 9.89. The number of aliphatic carboxylic acids is 1. The first kappa shape index (κ1) is 26.1. The van der Waals surface area contributed by atoms with E-state index >= 15 is 0 Å². The topological polar surface area (TPSA) is 60.8 Å². The van der Waals surface area contributed by atoms with Gasteiger partial charge in [0.25, 0.3) is 0 Å². The van der Waals surface area contributed by atoms with Crippen molar-refractivity contribution in [3.05, 3.63) is 12.2 Å². The van der Waals surface area contributed by atoms with Crippen LogP contribution in [0.2, 0.25) is 0 Å². The summed E-state index contributed by atoms with van der Waals surface area (Å²) in [7, 11) is 3.68. The molecule has 2 N–H and O–H groups in total. The van der Waals surface area contributed by atoms with Crippen LogP contribution in [-0.2, 0) is 4.79 Å². The number of aliphatic hydroxyl groups is 1. The smallest absolute Gasteiger partial charge is 0.308 e. The summed E-state index contributed by atoms with van der Waals surface area (Å²) in [6, 6.07) is -0.326. The van der Waals surface area contributed by atoms with Gasteiger partial charge in [0.05, 0.1) is 12.0 Å². The first-order chi connectivity index (χ1) is 12.9. The molecule has 0 fully saturated rings. The van der Waals surface area contributed by atoms with Crippen LogP contribution in [0.4, 0.5) is 0 Å². The summed E-state index contributed by atoms with van der Waals surface area (Å²) in [4.78, 5) is 13.4. The van der Waals surface area contributed by atoms with Gasteiger partial charge in [-0.25, -0.2) is 0 Å². The van der Waals surface area contributed by atoms with Crippen LogP contribution in [0.5, 0.6) is 0 Å². The average molecular weight is 384 g/mol. The van der Waals surface area contributed by atoms with E-state index in [4.69, 9.17) is 0 Å². The van der Waals surface area contributed by atoms with E-state index in [0.717, 1.165) is 25.7 Å². The molecule has 0 aromatic carbocycles. The zero-order valence-electron chi connectivity index (χ0n) is 18.3. The number of nitrogens with zero attached hydrogens (tertiary/aromatic N) is 1. The highest BCUT2D eigenvalue weighted by atomic mass is 16.4. The van der Waals surface area contributed by atoms with Gasteiger partial charge < -0.3 is 15.1 Å². The molecular weight excluding hydrogens is 338 g/mol. The normalized spacial score (nSPS) is 15.3. The van der Waals surface area contributed by atoms with Gasteiger partial charge in [0.2, 0.25) is 0 Å². The predicted molar refractivity (Wildman–Crippen MR) is 115 cm³/mol. The predicted octanol–water partition coefficient (Wildman–Crippen LogP) is 5.65. The van der Waals surface area contributed by atoms with Crippen molar-refractivity contribution in [3.63, 3.8) is 0 Å². The minimum absolute atomic E-state index is 0.326. The summed E-state index contributed by atoms with van der Waals surface area (Å²) in [5.74, 6) is -1.30. The van der Waals surface area contributed by atoms with Gasteiger partial charge in [-0.05, 0) is 53.1 Å². The molecule has 160 valence electrons. The number of aliphatic hydroxyl groups excluding tert-OH is 1. The molecule has 4 heteroatoms. The van der Waals surface area contributed by atoms with Crippen LogP contribution >= 0.6 is 0 Å². The third-order valence-corrected chi connectivity index (χ3v) is 5.35. The van der Waals surface area contributed by atoms with Gasteiger partial charge in [-0.3, -0.25) is 4.79 Å². The third kappa shape index (κ3) is 13.9. The Labute approximate surface area is 168 Å². The molecular formula is C23H45NO3. The van der Waals surface area contributed by atoms with Crippen molar-refractivity contribution in [2.45, 2.75) is 109 Å². The lowest BCUT2D eigenvalue weighted by molar-refractivity contribution is -0.146. The Morgan fingerprint density at radius 3 is 1.81 bits per heavy atom. The molecule has 0 aromatic heterocycles. The van der Waals surface area contributed by atoms with Gasteiger partial charge in [-0.1, -0.05) is 70.4 Å². The Kier molecular flexibility index (Phi) is 16.7. The zero-order chi connectivity index (χ0) is 20.5. The van der Waals surface area contributed by atoms with Gasteiger partial charge in [0.1, 0.15) is 0 Å². The molecule has 27 heavy (non-hydrogen) atoms. The van der Waals surface area contributed by atoms with Crippen molar-refractivity contribution >= 4 is 5.97 Å². The number of unbranched alkanes of at least 4 members (excludes halogenated alkanes) is 10. The van der Waals surface area contributed by atoms with E-state index in [9.17, 15) is 15.0 Å². The van der Waals surface area contributed by atoms with E-state index in [2.05, 4.69) is 19.1 Å². The first-order valence-corrected chi connectivity index (χ1v) is 11.1. The third-order valence-electron chi connectivity index (χ3n) is 5.35. The summed E-state index contributed by atoms with van der Waals surface area (Å²) in [5, 5.41) is 19.4. The molecule has 0 aliphatic rings. The Morgan fingerprint density at radius 2 is 1.37 bits per heavy atom. The number of hydrogen-bond donors (Lipinski definition) is 2. The van der Waals surface area contributed by atoms with Crippen LogP contribution < -0.4 is 0 Å². The monoisotopic (exact) mass is 383 g/mol. The Hall–Kier alpha value is -0.870. The Morgan fingerprint density at radius 1 is 0.889 bits per heavy atom. The second-order valence-electron chi connectivity index (χ2n) is 8.16. The van der Waals surface area contributed by atoms with Crippen LogP contribution in [0.3, 0.4) is 0 Å². The fraction of sp³-hybridized carbons (Fsp3) is 0.870. The maximum Gasteiger partial charge on any atom is 0.308 e. The number of carboxylic acid groups (broad SMARTS) is 1. The molecule has 0 saturated carbocycles. The molecule has 0 radical (unpaired) electrons. The van der Waals surface area contributed by atoms with E-state index < -0.39 is 18.0 Å². The standard InChI is InChI=1S/C23H45NO3/c1-5-6-7-8-9-10-11-12-13-14-15-16-17-18-19-21(23(26)27)22(20(2)25)24(3)4/h12-13,20-22,25H,5-11,14-19H2,1-4H3,(H,26,27). The number of carboxylic acids is 1.